The first kappa shape index (κ1) is 13.1. The summed E-state index contributed by atoms with van der Waals surface area (Å²) in [7, 11) is 0. The number of carbonyl (C=O) groups is 1. The Labute approximate surface area is 107 Å². The van der Waals surface area contributed by atoms with Gasteiger partial charge in [0.05, 0.1) is 6.10 Å². The van der Waals surface area contributed by atoms with Gasteiger partial charge in [-0.3, -0.25) is 4.79 Å². The van der Waals surface area contributed by atoms with Crippen LogP contribution in [-0.2, 0) is 9.53 Å². The van der Waals surface area contributed by atoms with E-state index in [1.807, 2.05) is 0 Å². The third-order valence-electron chi connectivity index (χ3n) is 3.94. The summed E-state index contributed by atoms with van der Waals surface area (Å²) in [5.74, 6) is 0.302. The van der Waals surface area contributed by atoms with Crippen LogP contribution in [0.4, 0.5) is 0 Å². The molecule has 0 spiro atoms. The highest BCUT2D eigenvalue weighted by molar-refractivity contribution is 6.07. The van der Waals surface area contributed by atoms with Gasteiger partial charge in [0.25, 0.3) is 0 Å². The van der Waals surface area contributed by atoms with Gasteiger partial charge in [-0.15, -0.1) is 0 Å². The fourth-order valence-corrected chi connectivity index (χ4v) is 2.92. The SMILES string of the molecule is CC1CC(C(=O)NCC2CCCO2)(C(N)=NO)C1. The molecule has 1 saturated heterocycles. The Kier molecular flexibility index (Phi) is 3.75. The fourth-order valence-electron chi connectivity index (χ4n) is 2.92. The Morgan fingerprint density at radius 1 is 1.61 bits per heavy atom. The van der Waals surface area contributed by atoms with Crippen molar-refractivity contribution in [2.45, 2.75) is 38.7 Å². The minimum atomic E-state index is -0.813. The van der Waals surface area contributed by atoms with Crippen molar-refractivity contribution in [3.05, 3.63) is 0 Å². The van der Waals surface area contributed by atoms with E-state index in [-0.39, 0.29) is 17.8 Å². The lowest BCUT2D eigenvalue weighted by molar-refractivity contribution is -0.133. The molecular formula is C12H21N3O3. The molecule has 6 heteroatoms. The molecule has 1 unspecified atom stereocenters. The summed E-state index contributed by atoms with van der Waals surface area (Å²) in [4.78, 5) is 12.2. The number of hydrogen-bond acceptors (Lipinski definition) is 4. The first-order valence-electron chi connectivity index (χ1n) is 6.46. The van der Waals surface area contributed by atoms with Crippen molar-refractivity contribution in [3.8, 4) is 0 Å². The number of oxime groups is 1. The molecule has 1 aliphatic heterocycles. The van der Waals surface area contributed by atoms with Crippen molar-refractivity contribution in [1.29, 1.82) is 0 Å². The third kappa shape index (κ3) is 2.29. The summed E-state index contributed by atoms with van der Waals surface area (Å²) >= 11 is 0. The summed E-state index contributed by atoms with van der Waals surface area (Å²) in [6.45, 7) is 3.33. The largest absolute Gasteiger partial charge is 0.409 e. The van der Waals surface area contributed by atoms with Gasteiger partial charge in [-0.1, -0.05) is 12.1 Å². The van der Waals surface area contributed by atoms with Gasteiger partial charge >= 0.3 is 0 Å². The minimum absolute atomic E-state index is 0.0189. The topological polar surface area (TPSA) is 96.9 Å². The molecule has 1 aliphatic carbocycles. The molecule has 1 heterocycles. The minimum Gasteiger partial charge on any atom is -0.409 e. The second-order valence-corrected chi connectivity index (χ2v) is 5.43. The van der Waals surface area contributed by atoms with E-state index >= 15 is 0 Å². The zero-order valence-electron chi connectivity index (χ0n) is 10.7. The lowest BCUT2D eigenvalue weighted by Crippen LogP contribution is -2.57. The quantitative estimate of drug-likeness (QED) is 0.294. The molecule has 4 N–H and O–H groups in total. The Hall–Kier alpha value is -1.30. The number of carbonyl (C=O) groups excluding carboxylic acids is 1. The Morgan fingerprint density at radius 2 is 2.33 bits per heavy atom. The van der Waals surface area contributed by atoms with Crippen molar-refractivity contribution in [3.63, 3.8) is 0 Å². The average molecular weight is 255 g/mol. The number of amides is 1. The lowest BCUT2D eigenvalue weighted by atomic mass is 9.61. The second-order valence-electron chi connectivity index (χ2n) is 5.43. The van der Waals surface area contributed by atoms with Crippen molar-refractivity contribution >= 4 is 11.7 Å². The van der Waals surface area contributed by atoms with Gasteiger partial charge in [0, 0.05) is 13.2 Å². The summed E-state index contributed by atoms with van der Waals surface area (Å²) < 4.78 is 5.45. The zero-order chi connectivity index (χ0) is 13.2. The maximum atomic E-state index is 12.2. The molecule has 1 amide bonds. The molecule has 1 atom stereocenters. The number of nitrogens with one attached hydrogen (secondary N) is 1. The Bertz CT molecular complexity index is 344. The van der Waals surface area contributed by atoms with Crippen LogP contribution in [0.15, 0.2) is 5.16 Å². The molecule has 0 aromatic carbocycles. The molecule has 2 aliphatic rings. The molecule has 1 saturated carbocycles. The molecule has 0 aromatic heterocycles. The average Bonchev–Trinajstić information content (AvgIpc) is 2.83. The van der Waals surface area contributed by atoms with Gasteiger partial charge in [-0.2, -0.15) is 0 Å². The highest BCUT2D eigenvalue weighted by atomic mass is 16.5. The van der Waals surface area contributed by atoms with Gasteiger partial charge in [-0.25, -0.2) is 0 Å². The number of amidine groups is 1. The van der Waals surface area contributed by atoms with Crippen molar-refractivity contribution in [2.24, 2.45) is 22.2 Å². The van der Waals surface area contributed by atoms with Gasteiger partial charge in [0.1, 0.15) is 5.41 Å². The van der Waals surface area contributed by atoms with Crippen LogP contribution in [0.5, 0.6) is 0 Å². The number of hydrogen-bond donors (Lipinski definition) is 3. The predicted octanol–water partition coefficient (Wildman–Crippen LogP) is 0.444. The van der Waals surface area contributed by atoms with Gasteiger partial charge in [0.2, 0.25) is 5.91 Å². The van der Waals surface area contributed by atoms with Gasteiger partial charge < -0.3 is 21.0 Å². The van der Waals surface area contributed by atoms with E-state index in [1.54, 1.807) is 0 Å². The molecule has 0 aromatic rings. The molecule has 2 rings (SSSR count). The van der Waals surface area contributed by atoms with E-state index in [0.717, 1.165) is 19.4 Å². The summed E-state index contributed by atoms with van der Waals surface area (Å²) in [6, 6.07) is 0. The monoisotopic (exact) mass is 255 g/mol. The van der Waals surface area contributed by atoms with Crippen LogP contribution < -0.4 is 11.1 Å². The highest BCUT2D eigenvalue weighted by Crippen LogP contribution is 2.45. The number of nitrogens with zero attached hydrogens (tertiary/aromatic N) is 1. The molecule has 18 heavy (non-hydrogen) atoms. The summed E-state index contributed by atoms with van der Waals surface area (Å²) in [6.07, 6.45) is 3.41. The normalized spacial score (nSPS) is 36.2. The van der Waals surface area contributed by atoms with E-state index in [2.05, 4.69) is 17.4 Å². The number of rotatable bonds is 4. The van der Waals surface area contributed by atoms with E-state index in [4.69, 9.17) is 15.7 Å². The molecular weight excluding hydrogens is 234 g/mol. The first-order valence-corrected chi connectivity index (χ1v) is 6.46. The van der Waals surface area contributed by atoms with Crippen LogP contribution in [0.25, 0.3) is 0 Å². The molecule has 0 bridgehead atoms. The Balaban J connectivity index is 1.92. The van der Waals surface area contributed by atoms with Crippen LogP contribution in [0.3, 0.4) is 0 Å². The summed E-state index contributed by atoms with van der Waals surface area (Å²) in [5.41, 5.74) is 4.86. The van der Waals surface area contributed by atoms with Crippen molar-refractivity contribution in [1.82, 2.24) is 5.32 Å². The maximum Gasteiger partial charge on any atom is 0.234 e. The van der Waals surface area contributed by atoms with Crippen LogP contribution >= 0.6 is 0 Å². The van der Waals surface area contributed by atoms with Crippen LogP contribution in [0, 0.1) is 11.3 Å². The van der Waals surface area contributed by atoms with Crippen LogP contribution in [0.1, 0.15) is 32.6 Å². The maximum absolute atomic E-state index is 12.2. The van der Waals surface area contributed by atoms with Crippen LogP contribution in [0.2, 0.25) is 0 Å². The van der Waals surface area contributed by atoms with Gasteiger partial charge in [-0.05, 0) is 31.6 Å². The smallest absolute Gasteiger partial charge is 0.234 e. The lowest BCUT2D eigenvalue weighted by Gasteiger charge is -2.43. The number of ether oxygens (including phenoxy) is 1. The van der Waals surface area contributed by atoms with Gasteiger partial charge in [0.15, 0.2) is 5.84 Å². The van der Waals surface area contributed by atoms with E-state index in [9.17, 15) is 4.79 Å². The predicted molar refractivity (Wildman–Crippen MR) is 66.2 cm³/mol. The van der Waals surface area contributed by atoms with E-state index < -0.39 is 5.41 Å². The van der Waals surface area contributed by atoms with Crippen LogP contribution in [-0.4, -0.2) is 36.2 Å². The fraction of sp³-hybridized carbons (Fsp3) is 0.833. The second kappa shape index (κ2) is 5.14. The molecule has 0 radical (unpaired) electrons. The molecule has 6 nitrogen and oxygen atoms in total. The standard InChI is InChI=1S/C12H21N3O3/c1-8-5-12(6-8,10(13)15-17)11(16)14-7-9-3-2-4-18-9/h8-9,17H,2-7H2,1H3,(H2,13,15)(H,14,16). The first-order chi connectivity index (χ1) is 8.58. The zero-order valence-corrected chi connectivity index (χ0v) is 10.7. The third-order valence-corrected chi connectivity index (χ3v) is 3.94. The molecule has 102 valence electrons. The summed E-state index contributed by atoms with van der Waals surface area (Å²) in [5, 5.41) is 14.7. The van der Waals surface area contributed by atoms with Crippen molar-refractivity contribution in [2.75, 3.05) is 13.2 Å². The Morgan fingerprint density at radius 3 is 2.83 bits per heavy atom. The van der Waals surface area contributed by atoms with Crippen molar-refractivity contribution < 1.29 is 14.7 Å². The number of nitrogens with two attached hydrogens (primary N) is 1. The van der Waals surface area contributed by atoms with E-state index in [1.165, 1.54) is 0 Å². The molecule has 2 fully saturated rings. The van der Waals surface area contributed by atoms with E-state index in [0.29, 0.717) is 25.3 Å². The highest BCUT2D eigenvalue weighted by Gasteiger charge is 2.52.